The molecule has 1 fully saturated rings. The molecule has 1 aromatic heterocycles. The molecule has 1 N–H and O–H groups in total. The fourth-order valence-electron chi connectivity index (χ4n) is 2.80. The molecular weight excluding hydrogens is 334 g/mol. The van der Waals surface area contributed by atoms with E-state index in [9.17, 15) is 4.79 Å². The van der Waals surface area contributed by atoms with Crippen LogP contribution < -0.4 is 9.47 Å². The lowest BCUT2D eigenvalue weighted by Crippen LogP contribution is -2.38. The van der Waals surface area contributed by atoms with E-state index in [0.29, 0.717) is 53.2 Å². The molecule has 1 aliphatic rings. The summed E-state index contributed by atoms with van der Waals surface area (Å²) in [6, 6.07) is 3.55. The second-order valence-electron chi connectivity index (χ2n) is 5.71. The number of amides is 1. The normalized spacial score (nSPS) is 15.5. The van der Waals surface area contributed by atoms with Crippen LogP contribution in [-0.4, -0.2) is 52.9 Å². The Kier molecular flexibility index (Phi) is 4.89. The minimum absolute atomic E-state index is 0.315. The molecule has 128 valence electrons. The van der Waals surface area contributed by atoms with Crippen molar-refractivity contribution in [1.29, 1.82) is 0 Å². The van der Waals surface area contributed by atoms with Gasteiger partial charge in [-0.25, -0.2) is 14.8 Å². The molecule has 0 aliphatic carbocycles. The van der Waals surface area contributed by atoms with Crippen LogP contribution in [0.15, 0.2) is 18.5 Å². The maximum atomic E-state index is 10.9. The van der Waals surface area contributed by atoms with E-state index in [-0.39, 0.29) is 0 Å². The van der Waals surface area contributed by atoms with Crippen LogP contribution >= 0.6 is 11.6 Å². The number of rotatable bonds is 4. The molecule has 0 unspecified atom stereocenters. The van der Waals surface area contributed by atoms with Gasteiger partial charge in [-0.1, -0.05) is 11.6 Å². The zero-order chi connectivity index (χ0) is 17.1. The van der Waals surface area contributed by atoms with Crippen LogP contribution in [0.4, 0.5) is 4.79 Å². The number of carboxylic acid groups (broad SMARTS) is 1. The van der Waals surface area contributed by atoms with E-state index in [1.807, 2.05) is 0 Å². The smallest absolute Gasteiger partial charge is 0.407 e. The van der Waals surface area contributed by atoms with E-state index in [2.05, 4.69) is 9.97 Å². The number of likely N-dealkylation sites (tertiary alicyclic amines) is 1. The van der Waals surface area contributed by atoms with Crippen molar-refractivity contribution in [3.63, 3.8) is 0 Å². The highest BCUT2D eigenvalue weighted by molar-refractivity contribution is 6.34. The van der Waals surface area contributed by atoms with Gasteiger partial charge >= 0.3 is 6.09 Å². The summed E-state index contributed by atoms with van der Waals surface area (Å²) in [5.41, 5.74) is 0.687. The van der Waals surface area contributed by atoms with Crippen molar-refractivity contribution in [2.45, 2.75) is 12.8 Å². The fraction of sp³-hybridized carbons (Fsp3) is 0.438. The van der Waals surface area contributed by atoms with Gasteiger partial charge in [0.1, 0.15) is 11.5 Å². The van der Waals surface area contributed by atoms with Crippen molar-refractivity contribution < 1.29 is 19.4 Å². The molecule has 2 heterocycles. The number of ether oxygens (including phenoxy) is 2. The summed E-state index contributed by atoms with van der Waals surface area (Å²) in [4.78, 5) is 20.5. The van der Waals surface area contributed by atoms with Gasteiger partial charge in [0.15, 0.2) is 11.5 Å². The Morgan fingerprint density at radius 1 is 1.33 bits per heavy atom. The number of carbonyl (C=O) groups is 1. The van der Waals surface area contributed by atoms with Crippen molar-refractivity contribution >= 4 is 28.6 Å². The zero-order valence-electron chi connectivity index (χ0n) is 13.2. The molecule has 24 heavy (non-hydrogen) atoms. The van der Waals surface area contributed by atoms with Crippen LogP contribution in [0.2, 0.25) is 5.15 Å². The van der Waals surface area contributed by atoms with Gasteiger partial charge in [0.25, 0.3) is 0 Å². The van der Waals surface area contributed by atoms with Gasteiger partial charge in [-0.15, -0.1) is 0 Å². The lowest BCUT2D eigenvalue weighted by molar-refractivity contribution is 0.111. The first-order valence-corrected chi connectivity index (χ1v) is 8.05. The standard InChI is InChI=1S/C16H18ClN3O4/c1-23-13-6-11-12(18-9-19-15(11)17)7-14(13)24-8-10-2-4-20(5-3-10)16(21)22/h6-7,9-10H,2-5,8H2,1H3,(H,21,22). The number of hydrogen-bond acceptors (Lipinski definition) is 5. The monoisotopic (exact) mass is 351 g/mol. The lowest BCUT2D eigenvalue weighted by Gasteiger charge is -2.29. The van der Waals surface area contributed by atoms with E-state index in [1.54, 1.807) is 19.2 Å². The number of nitrogens with zero attached hydrogens (tertiary/aromatic N) is 3. The van der Waals surface area contributed by atoms with Crippen LogP contribution in [0.3, 0.4) is 0 Å². The minimum Gasteiger partial charge on any atom is -0.493 e. The topological polar surface area (TPSA) is 84.8 Å². The van der Waals surface area contributed by atoms with Gasteiger partial charge in [-0.05, 0) is 24.8 Å². The highest BCUT2D eigenvalue weighted by atomic mass is 35.5. The highest BCUT2D eigenvalue weighted by Crippen LogP contribution is 2.34. The molecule has 2 aromatic rings. The number of methoxy groups -OCH3 is 1. The van der Waals surface area contributed by atoms with Gasteiger partial charge in [-0.3, -0.25) is 0 Å². The number of fused-ring (bicyclic) bond motifs is 1. The Hall–Kier alpha value is -2.28. The third-order valence-electron chi connectivity index (χ3n) is 4.23. The lowest BCUT2D eigenvalue weighted by atomic mass is 9.98. The number of benzene rings is 1. The van der Waals surface area contributed by atoms with Crippen molar-refractivity contribution in [3.05, 3.63) is 23.6 Å². The molecule has 1 aliphatic heterocycles. The molecule has 8 heteroatoms. The molecule has 0 bridgehead atoms. The molecule has 1 amide bonds. The molecule has 0 radical (unpaired) electrons. The third kappa shape index (κ3) is 3.46. The molecule has 0 spiro atoms. The maximum Gasteiger partial charge on any atom is 0.407 e. The van der Waals surface area contributed by atoms with Gasteiger partial charge in [-0.2, -0.15) is 0 Å². The molecule has 3 rings (SSSR count). The Morgan fingerprint density at radius 3 is 2.75 bits per heavy atom. The van der Waals surface area contributed by atoms with Crippen molar-refractivity contribution in [2.24, 2.45) is 5.92 Å². The Labute approximate surface area is 144 Å². The summed E-state index contributed by atoms with van der Waals surface area (Å²) < 4.78 is 11.3. The summed E-state index contributed by atoms with van der Waals surface area (Å²) in [5.74, 6) is 1.48. The number of hydrogen-bond donors (Lipinski definition) is 1. The van der Waals surface area contributed by atoms with Crippen LogP contribution in [0.25, 0.3) is 10.9 Å². The zero-order valence-corrected chi connectivity index (χ0v) is 14.0. The molecule has 0 saturated carbocycles. The summed E-state index contributed by atoms with van der Waals surface area (Å²) in [7, 11) is 1.57. The second kappa shape index (κ2) is 7.09. The van der Waals surface area contributed by atoms with Crippen LogP contribution in [0, 0.1) is 5.92 Å². The van der Waals surface area contributed by atoms with Gasteiger partial charge in [0.05, 0.1) is 19.2 Å². The quantitative estimate of drug-likeness (QED) is 0.852. The van der Waals surface area contributed by atoms with Gasteiger partial charge < -0.3 is 19.5 Å². The number of halogens is 1. The van der Waals surface area contributed by atoms with E-state index in [4.69, 9.17) is 26.2 Å². The van der Waals surface area contributed by atoms with E-state index >= 15 is 0 Å². The second-order valence-corrected chi connectivity index (χ2v) is 6.07. The van der Waals surface area contributed by atoms with Crippen LogP contribution in [0.5, 0.6) is 11.5 Å². The van der Waals surface area contributed by atoms with Crippen LogP contribution in [-0.2, 0) is 0 Å². The Bertz CT molecular complexity index is 747. The first-order chi connectivity index (χ1) is 11.6. The number of aromatic nitrogens is 2. The SMILES string of the molecule is COc1cc2c(Cl)ncnc2cc1OCC1CCN(C(=O)O)CC1. The molecule has 0 atom stereocenters. The summed E-state index contributed by atoms with van der Waals surface area (Å²) in [6.45, 7) is 1.59. The average Bonchev–Trinajstić information content (AvgIpc) is 2.60. The first kappa shape index (κ1) is 16.6. The predicted molar refractivity (Wildman–Crippen MR) is 88.9 cm³/mol. The predicted octanol–water partition coefficient (Wildman–Crippen LogP) is 3.06. The van der Waals surface area contributed by atoms with Crippen molar-refractivity contribution in [1.82, 2.24) is 14.9 Å². The Morgan fingerprint density at radius 2 is 2.08 bits per heavy atom. The Balaban J connectivity index is 1.70. The molecular formula is C16H18ClN3O4. The van der Waals surface area contributed by atoms with Gasteiger partial charge in [0, 0.05) is 24.5 Å². The molecule has 1 aromatic carbocycles. The van der Waals surface area contributed by atoms with E-state index in [1.165, 1.54) is 11.2 Å². The van der Waals surface area contributed by atoms with E-state index in [0.717, 1.165) is 12.8 Å². The van der Waals surface area contributed by atoms with Crippen LogP contribution in [0.1, 0.15) is 12.8 Å². The van der Waals surface area contributed by atoms with Crippen molar-refractivity contribution in [2.75, 3.05) is 26.8 Å². The summed E-state index contributed by atoms with van der Waals surface area (Å²) in [5, 5.41) is 10.1. The number of piperidine rings is 1. The minimum atomic E-state index is -0.859. The summed E-state index contributed by atoms with van der Waals surface area (Å²) >= 11 is 6.08. The highest BCUT2D eigenvalue weighted by Gasteiger charge is 2.23. The largest absolute Gasteiger partial charge is 0.493 e. The van der Waals surface area contributed by atoms with Gasteiger partial charge in [0.2, 0.25) is 0 Å². The summed E-state index contributed by atoms with van der Waals surface area (Å²) in [6.07, 6.45) is 2.12. The van der Waals surface area contributed by atoms with E-state index < -0.39 is 6.09 Å². The maximum absolute atomic E-state index is 10.9. The third-order valence-corrected chi connectivity index (χ3v) is 4.53. The average molecular weight is 352 g/mol. The molecule has 1 saturated heterocycles. The first-order valence-electron chi connectivity index (χ1n) is 7.67. The fourth-order valence-corrected chi connectivity index (χ4v) is 3.00. The molecule has 7 nitrogen and oxygen atoms in total. The van der Waals surface area contributed by atoms with Crippen molar-refractivity contribution in [3.8, 4) is 11.5 Å².